The zero-order valence-corrected chi connectivity index (χ0v) is 16.9. The van der Waals surface area contributed by atoms with Gasteiger partial charge in [-0.25, -0.2) is 0 Å². The molecule has 0 aliphatic heterocycles. The lowest BCUT2D eigenvalue weighted by Crippen LogP contribution is -2.39. The molecule has 0 heterocycles. The fourth-order valence-electron chi connectivity index (χ4n) is 3.01. The summed E-state index contributed by atoms with van der Waals surface area (Å²) < 4.78 is 0. The highest BCUT2D eigenvalue weighted by Gasteiger charge is 2.07. The summed E-state index contributed by atoms with van der Waals surface area (Å²) in [4.78, 5) is 7.05. The van der Waals surface area contributed by atoms with E-state index in [2.05, 4.69) is 66.8 Å². The van der Waals surface area contributed by atoms with Crippen molar-refractivity contribution in [2.24, 2.45) is 10.9 Å². The molecule has 0 spiro atoms. The number of nitrogens with zero attached hydrogens (tertiary/aromatic N) is 2. The highest BCUT2D eigenvalue weighted by molar-refractivity contribution is 5.79. The van der Waals surface area contributed by atoms with Crippen LogP contribution in [0.4, 0.5) is 0 Å². The first kappa shape index (κ1) is 22.5. The van der Waals surface area contributed by atoms with E-state index in [0.29, 0.717) is 5.92 Å². The van der Waals surface area contributed by atoms with Crippen LogP contribution in [0.1, 0.15) is 45.1 Å². The first-order chi connectivity index (χ1) is 12.7. The molecule has 0 aliphatic carbocycles. The number of nitrogens with one attached hydrogen (secondary N) is 2. The first-order valence-corrected chi connectivity index (χ1v) is 10.0. The molecule has 5 heteroatoms. The summed E-state index contributed by atoms with van der Waals surface area (Å²) in [6.07, 6.45) is 4.16. The Labute approximate surface area is 159 Å². The Morgan fingerprint density at radius 1 is 1.15 bits per heavy atom. The van der Waals surface area contributed by atoms with E-state index in [4.69, 9.17) is 4.99 Å². The van der Waals surface area contributed by atoms with Gasteiger partial charge in [0.25, 0.3) is 0 Å². The summed E-state index contributed by atoms with van der Waals surface area (Å²) in [5.74, 6) is 1.36. The molecule has 0 bridgehead atoms. The van der Waals surface area contributed by atoms with Gasteiger partial charge in [-0.1, -0.05) is 43.7 Å². The third-order valence-corrected chi connectivity index (χ3v) is 4.39. The second-order valence-corrected chi connectivity index (χ2v) is 6.89. The van der Waals surface area contributed by atoms with Gasteiger partial charge in [0.05, 0.1) is 0 Å². The van der Waals surface area contributed by atoms with Gasteiger partial charge in [0.15, 0.2) is 5.96 Å². The van der Waals surface area contributed by atoms with Crippen molar-refractivity contribution in [1.82, 2.24) is 15.5 Å². The number of aliphatic hydroxyl groups excluding tert-OH is 1. The predicted molar refractivity (Wildman–Crippen MR) is 111 cm³/mol. The van der Waals surface area contributed by atoms with Crippen LogP contribution < -0.4 is 10.6 Å². The molecule has 0 saturated heterocycles. The fourth-order valence-corrected chi connectivity index (χ4v) is 3.01. The molecule has 1 atom stereocenters. The molecule has 3 N–H and O–H groups in total. The van der Waals surface area contributed by atoms with Gasteiger partial charge in [-0.15, -0.1) is 0 Å². The van der Waals surface area contributed by atoms with E-state index in [1.54, 1.807) is 0 Å². The van der Waals surface area contributed by atoms with Crippen LogP contribution in [-0.2, 0) is 6.54 Å². The molecule has 0 aromatic heterocycles. The predicted octanol–water partition coefficient (Wildman–Crippen LogP) is 2.86. The average molecular weight is 363 g/mol. The molecular weight excluding hydrogens is 324 g/mol. The molecule has 1 unspecified atom stereocenters. The summed E-state index contributed by atoms with van der Waals surface area (Å²) in [6.45, 7) is 9.09. The van der Waals surface area contributed by atoms with E-state index >= 15 is 0 Å². The lowest BCUT2D eigenvalue weighted by molar-refractivity contribution is 0.253. The van der Waals surface area contributed by atoms with Crippen molar-refractivity contribution < 1.29 is 5.11 Å². The van der Waals surface area contributed by atoms with E-state index in [-0.39, 0.29) is 6.61 Å². The average Bonchev–Trinajstić information content (AvgIpc) is 2.64. The third kappa shape index (κ3) is 10.4. The lowest BCUT2D eigenvalue weighted by atomic mass is 10.0. The van der Waals surface area contributed by atoms with E-state index in [1.165, 1.54) is 5.56 Å². The quantitative estimate of drug-likeness (QED) is 0.287. The van der Waals surface area contributed by atoms with Gasteiger partial charge in [0.1, 0.15) is 0 Å². The Morgan fingerprint density at radius 3 is 2.58 bits per heavy atom. The van der Waals surface area contributed by atoms with Crippen molar-refractivity contribution in [3.8, 4) is 0 Å². The molecule has 1 aromatic rings. The van der Waals surface area contributed by atoms with Crippen molar-refractivity contribution >= 4 is 5.96 Å². The van der Waals surface area contributed by atoms with Crippen molar-refractivity contribution in [2.75, 3.05) is 39.8 Å². The zero-order chi connectivity index (χ0) is 19.0. The fraction of sp³-hybridized carbons (Fsp3) is 0.667. The normalized spacial score (nSPS) is 13.0. The summed E-state index contributed by atoms with van der Waals surface area (Å²) in [7, 11) is 2.16. The van der Waals surface area contributed by atoms with Crippen LogP contribution in [0.2, 0.25) is 0 Å². The Kier molecular flexibility index (Phi) is 12.6. The van der Waals surface area contributed by atoms with E-state index < -0.39 is 0 Å². The van der Waals surface area contributed by atoms with Crippen LogP contribution in [0.25, 0.3) is 0 Å². The van der Waals surface area contributed by atoms with Gasteiger partial charge < -0.3 is 20.6 Å². The smallest absolute Gasteiger partial charge is 0.191 e. The van der Waals surface area contributed by atoms with Crippen LogP contribution in [0.15, 0.2) is 35.3 Å². The minimum atomic E-state index is 0.248. The Morgan fingerprint density at radius 2 is 1.92 bits per heavy atom. The third-order valence-electron chi connectivity index (χ3n) is 4.39. The molecule has 0 radical (unpaired) electrons. The van der Waals surface area contributed by atoms with Gasteiger partial charge in [-0.05, 0) is 51.3 Å². The van der Waals surface area contributed by atoms with Gasteiger partial charge in [-0.3, -0.25) is 4.99 Å². The molecule has 148 valence electrons. The van der Waals surface area contributed by atoms with Gasteiger partial charge in [0.2, 0.25) is 0 Å². The first-order valence-electron chi connectivity index (χ1n) is 10.0. The standard InChI is InChI=1S/C21H38N4O/c1-4-10-19(13-16-26)17-24-21(22-5-2)23-14-9-15-25(3)18-20-11-7-6-8-12-20/h6-8,11-12,19,26H,4-5,9-10,13-18H2,1-3H3,(H2,22,23,24). The summed E-state index contributed by atoms with van der Waals surface area (Å²) in [5.41, 5.74) is 1.35. The van der Waals surface area contributed by atoms with Crippen LogP contribution in [-0.4, -0.2) is 55.8 Å². The summed E-state index contributed by atoms with van der Waals surface area (Å²) in [6, 6.07) is 10.6. The number of benzene rings is 1. The minimum Gasteiger partial charge on any atom is -0.396 e. The zero-order valence-electron chi connectivity index (χ0n) is 16.9. The topological polar surface area (TPSA) is 59.9 Å². The second kappa shape index (κ2) is 14.6. The van der Waals surface area contributed by atoms with Crippen molar-refractivity contribution in [2.45, 2.75) is 46.1 Å². The van der Waals surface area contributed by atoms with Gasteiger partial charge in [0, 0.05) is 32.8 Å². The van der Waals surface area contributed by atoms with Crippen LogP contribution in [0.3, 0.4) is 0 Å². The molecule has 1 rings (SSSR count). The van der Waals surface area contributed by atoms with Crippen LogP contribution in [0.5, 0.6) is 0 Å². The Balaban J connectivity index is 2.32. The molecule has 1 aromatic carbocycles. The van der Waals surface area contributed by atoms with Gasteiger partial charge in [-0.2, -0.15) is 0 Å². The molecule has 0 amide bonds. The number of hydrogen-bond donors (Lipinski definition) is 3. The van der Waals surface area contributed by atoms with Crippen molar-refractivity contribution in [3.63, 3.8) is 0 Å². The number of aliphatic imine (C=N–C) groups is 1. The van der Waals surface area contributed by atoms with Gasteiger partial charge >= 0.3 is 0 Å². The highest BCUT2D eigenvalue weighted by atomic mass is 16.3. The summed E-state index contributed by atoms with van der Waals surface area (Å²) >= 11 is 0. The monoisotopic (exact) mass is 362 g/mol. The second-order valence-electron chi connectivity index (χ2n) is 6.89. The number of aliphatic hydroxyl groups is 1. The maximum Gasteiger partial charge on any atom is 0.191 e. The molecule has 0 aliphatic rings. The van der Waals surface area contributed by atoms with E-state index in [9.17, 15) is 5.11 Å². The lowest BCUT2D eigenvalue weighted by Gasteiger charge is -2.18. The maximum atomic E-state index is 9.18. The van der Waals surface area contributed by atoms with Crippen LogP contribution >= 0.6 is 0 Å². The van der Waals surface area contributed by atoms with E-state index in [1.807, 2.05) is 0 Å². The van der Waals surface area contributed by atoms with Crippen LogP contribution in [0, 0.1) is 5.92 Å². The Hall–Kier alpha value is -1.59. The largest absolute Gasteiger partial charge is 0.396 e. The Bertz CT molecular complexity index is 472. The SMILES string of the molecule is CCCC(CCO)CN=C(NCC)NCCCN(C)Cc1ccccc1. The minimum absolute atomic E-state index is 0.248. The summed E-state index contributed by atoms with van der Waals surface area (Å²) in [5, 5.41) is 15.9. The molecular formula is C21H38N4O. The number of rotatable bonds is 13. The molecule has 0 saturated carbocycles. The van der Waals surface area contributed by atoms with E-state index in [0.717, 1.165) is 64.4 Å². The maximum absolute atomic E-state index is 9.18. The van der Waals surface area contributed by atoms with Crippen molar-refractivity contribution in [3.05, 3.63) is 35.9 Å². The molecule has 26 heavy (non-hydrogen) atoms. The van der Waals surface area contributed by atoms with Crippen molar-refractivity contribution in [1.29, 1.82) is 0 Å². The number of guanidine groups is 1. The molecule has 5 nitrogen and oxygen atoms in total. The molecule has 0 fully saturated rings. The number of hydrogen-bond acceptors (Lipinski definition) is 3. The highest BCUT2D eigenvalue weighted by Crippen LogP contribution is 2.11.